The summed E-state index contributed by atoms with van der Waals surface area (Å²) in [7, 11) is 0. The van der Waals surface area contributed by atoms with Crippen molar-refractivity contribution >= 4 is 5.97 Å². The minimum Gasteiger partial charge on any atom is -0.461 e. The highest BCUT2D eigenvalue weighted by Gasteiger charge is 2.40. The SMILES string of the molecule is CCOCn1c(C(F)(F)F)nc(C(=O)OCC)c1-c1ccccc1. The van der Waals surface area contributed by atoms with Crippen LogP contribution in [0.1, 0.15) is 30.2 Å². The van der Waals surface area contributed by atoms with Crippen LogP contribution in [0.15, 0.2) is 30.3 Å². The van der Waals surface area contributed by atoms with Crippen molar-refractivity contribution in [2.75, 3.05) is 13.2 Å². The first-order valence-corrected chi connectivity index (χ1v) is 7.38. The quantitative estimate of drug-likeness (QED) is 0.751. The molecule has 130 valence electrons. The zero-order valence-electron chi connectivity index (χ0n) is 13.3. The second kappa shape index (κ2) is 7.48. The zero-order valence-corrected chi connectivity index (χ0v) is 13.3. The number of ether oxygens (including phenoxy) is 2. The van der Waals surface area contributed by atoms with Crippen molar-refractivity contribution in [1.82, 2.24) is 9.55 Å². The van der Waals surface area contributed by atoms with Gasteiger partial charge >= 0.3 is 12.1 Å². The van der Waals surface area contributed by atoms with Crippen LogP contribution in [0.3, 0.4) is 0 Å². The fraction of sp³-hybridized carbons (Fsp3) is 0.375. The summed E-state index contributed by atoms with van der Waals surface area (Å²) in [5.74, 6) is -2.10. The van der Waals surface area contributed by atoms with E-state index in [1.54, 1.807) is 44.2 Å². The number of hydrogen-bond acceptors (Lipinski definition) is 4. The summed E-state index contributed by atoms with van der Waals surface area (Å²) in [6.07, 6.45) is -4.73. The van der Waals surface area contributed by atoms with E-state index in [0.717, 1.165) is 4.57 Å². The van der Waals surface area contributed by atoms with Crippen LogP contribution < -0.4 is 0 Å². The topological polar surface area (TPSA) is 53.4 Å². The molecule has 0 unspecified atom stereocenters. The Kier molecular flexibility index (Phi) is 5.61. The van der Waals surface area contributed by atoms with Crippen LogP contribution >= 0.6 is 0 Å². The number of alkyl halides is 3. The number of rotatable bonds is 6. The number of aromatic nitrogens is 2. The van der Waals surface area contributed by atoms with Gasteiger partial charge in [-0.25, -0.2) is 9.78 Å². The Balaban J connectivity index is 2.70. The van der Waals surface area contributed by atoms with Crippen molar-refractivity contribution in [3.8, 4) is 11.3 Å². The van der Waals surface area contributed by atoms with Gasteiger partial charge in [0.2, 0.25) is 5.82 Å². The Bertz CT molecular complexity index is 697. The molecule has 1 heterocycles. The summed E-state index contributed by atoms with van der Waals surface area (Å²) >= 11 is 0. The summed E-state index contributed by atoms with van der Waals surface area (Å²) in [5, 5.41) is 0. The molecule has 0 saturated carbocycles. The summed E-state index contributed by atoms with van der Waals surface area (Å²) in [6.45, 7) is 3.12. The van der Waals surface area contributed by atoms with E-state index in [9.17, 15) is 18.0 Å². The van der Waals surface area contributed by atoms with Crippen molar-refractivity contribution in [3.05, 3.63) is 41.9 Å². The number of carbonyl (C=O) groups excluding carboxylic acids is 1. The monoisotopic (exact) mass is 342 g/mol. The lowest BCUT2D eigenvalue weighted by atomic mass is 10.1. The molecule has 0 fully saturated rings. The lowest BCUT2D eigenvalue weighted by Crippen LogP contribution is -2.17. The predicted molar refractivity (Wildman–Crippen MR) is 80.2 cm³/mol. The average molecular weight is 342 g/mol. The molecule has 0 aliphatic heterocycles. The molecule has 0 radical (unpaired) electrons. The molecule has 2 aromatic rings. The number of halogens is 3. The van der Waals surface area contributed by atoms with Crippen molar-refractivity contribution in [1.29, 1.82) is 0 Å². The Morgan fingerprint density at radius 3 is 2.38 bits per heavy atom. The van der Waals surface area contributed by atoms with Gasteiger partial charge in [0.25, 0.3) is 0 Å². The first kappa shape index (κ1) is 18.0. The van der Waals surface area contributed by atoms with Gasteiger partial charge in [0.1, 0.15) is 6.73 Å². The van der Waals surface area contributed by atoms with E-state index in [2.05, 4.69) is 4.98 Å². The second-order valence-electron chi connectivity index (χ2n) is 4.77. The van der Waals surface area contributed by atoms with Crippen molar-refractivity contribution in [2.45, 2.75) is 26.8 Å². The van der Waals surface area contributed by atoms with Crippen LogP contribution in [0.4, 0.5) is 13.2 Å². The molecule has 0 N–H and O–H groups in total. The third kappa shape index (κ3) is 3.76. The summed E-state index contributed by atoms with van der Waals surface area (Å²) < 4.78 is 50.9. The molecule has 0 spiro atoms. The molecule has 8 heteroatoms. The van der Waals surface area contributed by atoms with Gasteiger partial charge in [0.15, 0.2) is 5.69 Å². The standard InChI is InChI=1S/C16H17F3N2O3/c1-3-23-10-21-13(11-8-6-5-7-9-11)12(14(22)24-4-2)20-15(21)16(17,18)19/h5-9H,3-4,10H2,1-2H3. The predicted octanol–water partition coefficient (Wildman–Crippen LogP) is 3.74. The highest BCUT2D eigenvalue weighted by Crippen LogP contribution is 2.34. The molecule has 2 rings (SSSR count). The summed E-state index contributed by atoms with van der Waals surface area (Å²) in [4.78, 5) is 15.6. The van der Waals surface area contributed by atoms with Gasteiger partial charge in [0, 0.05) is 12.2 Å². The fourth-order valence-corrected chi connectivity index (χ4v) is 2.21. The molecule has 0 atom stereocenters. The smallest absolute Gasteiger partial charge is 0.449 e. The Morgan fingerprint density at radius 1 is 1.17 bits per heavy atom. The first-order valence-electron chi connectivity index (χ1n) is 7.38. The van der Waals surface area contributed by atoms with Crippen LogP contribution in [0.5, 0.6) is 0 Å². The van der Waals surface area contributed by atoms with E-state index in [4.69, 9.17) is 9.47 Å². The minimum absolute atomic E-state index is 0.0230. The molecular formula is C16H17F3N2O3. The van der Waals surface area contributed by atoms with Gasteiger partial charge < -0.3 is 9.47 Å². The molecule has 24 heavy (non-hydrogen) atoms. The van der Waals surface area contributed by atoms with Gasteiger partial charge in [0.05, 0.1) is 12.3 Å². The molecule has 0 aliphatic rings. The Morgan fingerprint density at radius 2 is 1.83 bits per heavy atom. The maximum Gasteiger partial charge on any atom is 0.449 e. The van der Waals surface area contributed by atoms with Crippen LogP contribution in [-0.4, -0.2) is 28.7 Å². The van der Waals surface area contributed by atoms with Gasteiger partial charge in [-0.05, 0) is 13.8 Å². The van der Waals surface area contributed by atoms with Gasteiger partial charge in [-0.3, -0.25) is 4.57 Å². The zero-order chi connectivity index (χ0) is 17.7. The van der Waals surface area contributed by atoms with Crippen LogP contribution in [0.25, 0.3) is 11.3 Å². The van der Waals surface area contributed by atoms with E-state index in [1.807, 2.05) is 0 Å². The third-order valence-electron chi connectivity index (χ3n) is 3.16. The van der Waals surface area contributed by atoms with Crippen LogP contribution in [0, 0.1) is 0 Å². The fourth-order valence-electron chi connectivity index (χ4n) is 2.21. The van der Waals surface area contributed by atoms with E-state index >= 15 is 0 Å². The molecular weight excluding hydrogens is 325 g/mol. The number of imidazole rings is 1. The van der Waals surface area contributed by atoms with Gasteiger partial charge in [-0.1, -0.05) is 30.3 Å². The number of nitrogens with zero attached hydrogens (tertiary/aromatic N) is 2. The van der Waals surface area contributed by atoms with E-state index in [0.29, 0.717) is 5.56 Å². The summed E-state index contributed by atoms with van der Waals surface area (Å²) in [6, 6.07) is 8.25. The number of hydrogen-bond donors (Lipinski definition) is 0. The molecule has 0 bridgehead atoms. The molecule has 1 aromatic heterocycles. The van der Waals surface area contributed by atoms with E-state index in [1.165, 1.54) is 0 Å². The summed E-state index contributed by atoms with van der Waals surface area (Å²) in [5.41, 5.74) is 0.0631. The maximum absolute atomic E-state index is 13.3. The second-order valence-corrected chi connectivity index (χ2v) is 4.77. The minimum atomic E-state index is -4.73. The number of esters is 1. The van der Waals surface area contributed by atoms with Crippen LogP contribution in [0.2, 0.25) is 0 Å². The van der Waals surface area contributed by atoms with E-state index in [-0.39, 0.29) is 31.3 Å². The Labute approximate surface area is 137 Å². The van der Waals surface area contributed by atoms with Crippen molar-refractivity contribution in [3.63, 3.8) is 0 Å². The number of carbonyl (C=O) groups is 1. The average Bonchev–Trinajstić information content (AvgIpc) is 2.93. The third-order valence-corrected chi connectivity index (χ3v) is 3.16. The normalized spacial score (nSPS) is 11.5. The Hall–Kier alpha value is -2.35. The first-order chi connectivity index (χ1) is 11.4. The van der Waals surface area contributed by atoms with Crippen molar-refractivity contribution < 1.29 is 27.4 Å². The highest BCUT2D eigenvalue weighted by molar-refractivity contribution is 5.94. The highest BCUT2D eigenvalue weighted by atomic mass is 19.4. The lowest BCUT2D eigenvalue weighted by Gasteiger charge is -2.14. The number of benzene rings is 1. The van der Waals surface area contributed by atoms with E-state index < -0.39 is 18.0 Å². The molecule has 0 aliphatic carbocycles. The van der Waals surface area contributed by atoms with Crippen LogP contribution in [-0.2, 0) is 22.4 Å². The molecule has 1 aromatic carbocycles. The van der Waals surface area contributed by atoms with Gasteiger partial charge in [-0.15, -0.1) is 0 Å². The van der Waals surface area contributed by atoms with Crippen molar-refractivity contribution in [2.24, 2.45) is 0 Å². The maximum atomic E-state index is 13.3. The molecule has 0 saturated heterocycles. The van der Waals surface area contributed by atoms with Gasteiger partial charge in [-0.2, -0.15) is 13.2 Å². The largest absolute Gasteiger partial charge is 0.461 e. The molecule has 5 nitrogen and oxygen atoms in total. The lowest BCUT2D eigenvalue weighted by molar-refractivity contribution is -0.149. The molecule has 0 amide bonds.